The van der Waals surface area contributed by atoms with Gasteiger partial charge < -0.3 is 14.4 Å². The second-order valence-corrected chi connectivity index (χ2v) is 11.6. The molecule has 3 heterocycles. The first-order valence-electron chi connectivity index (χ1n) is 12.7. The summed E-state index contributed by atoms with van der Waals surface area (Å²) in [5.41, 5.74) is 0.293. The first-order valence-corrected chi connectivity index (χ1v) is 12.7. The van der Waals surface area contributed by atoms with Crippen LogP contribution in [0.5, 0.6) is 5.75 Å². The summed E-state index contributed by atoms with van der Waals surface area (Å²) in [6.07, 6.45) is -5.30. The summed E-state index contributed by atoms with van der Waals surface area (Å²) in [4.78, 5) is 29.4. The molecule has 1 amide bonds. The fraction of sp³-hybridized carbons (Fsp3) is 0.571. The van der Waals surface area contributed by atoms with Crippen molar-refractivity contribution >= 4 is 22.6 Å². The summed E-state index contributed by atoms with van der Waals surface area (Å²) in [6.45, 7) is 6.10. The minimum absolute atomic E-state index is 0.0853. The van der Waals surface area contributed by atoms with Crippen molar-refractivity contribution in [2.45, 2.75) is 77.0 Å². The number of esters is 1. The largest absolute Gasteiger partial charge is 0.497 e. The molecule has 0 spiro atoms. The highest BCUT2D eigenvalue weighted by Crippen LogP contribution is 2.48. The van der Waals surface area contributed by atoms with Crippen molar-refractivity contribution < 1.29 is 32.2 Å². The van der Waals surface area contributed by atoms with Crippen molar-refractivity contribution in [1.29, 1.82) is 0 Å². The minimum Gasteiger partial charge on any atom is -0.497 e. The van der Waals surface area contributed by atoms with Crippen molar-refractivity contribution in [2.75, 3.05) is 13.7 Å². The molecule has 9 heteroatoms. The van der Waals surface area contributed by atoms with Crippen LogP contribution in [0.2, 0.25) is 0 Å². The van der Waals surface area contributed by atoms with Crippen LogP contribution in [0.3, 0.4) is 0 Å². The van der Waals surface area contributed by atoms with Gasteiger partial charge in [0, 0.05) is 25.2 Å². The zero-order chi connectivity index (χ0) is 26.7. The number of hydrogen-bond acceptors (Lipinski definition) is 5. The van der Waals surface area contributed by atoms with Gasteiger partial charge in [-0.2, -0.15) is 13.2 Å². The fourth-order valence-electron chi connectivity index (χ4n) is 6.27. The summed E-state index contributed by atoms with van der Waals surface area (Å²) in [5.74, 6) is -0.484. The average Bonchev–Trinajstić information content (AvgIpc) is 2.93. The minimum atomic E-state index is -4.59. The summed E-state index contributed by atoms with van der Waals surface area (Å²) in [5, 5.41) is 2.10. The molecule has 0 aromatic heterocycles. The normalized spacial score (nSPS) is 27.5. The molecule has 3 aliphatic rings. The van der Waals surface area contributed by atoms with Crippen molar-refractivity contribution in [1.82, 2.24) is 9.80 Å². The SMILES string of the molecule is COc1ccc2cc(CN3C4CC5CC3C(C4OC(=O)C(C)(C)C)N(C(=O)CC(F)(F)F)C5)ccc2c1. The summed E-state index contributed by atoms with van der Waals surface area (Å²) >= 11 is 0. The fourth-order valence-corrected chi connectivity index (χ4v) is 6.27. The van der Waals surface area contributed by atoms with Crippen LogP contribution in [0.4, 0.5) is 13.2 Å². The summed E-state index contributed by atoms with van der Waals surface area (Å²) in [6, 6.07) is 11.1. The Bertz CT molecular complexity index is 1210. The van der Waals surface area contributed by atoms with Crippen LogP contribution >= 0.6 is 0 Å². The van der Waals surface area contributed by atoms with E-state index in [1.807, 2.05) is 30.3 Å². The summed E-state index contributed by atoms with van der Waals surface area (Å²) < 4.78 is 50.8. The number of amides is 1. The lowest BCUT2D eigenvalue weighted by Gasteiger charge is -2.46. The molecule has 0 radical (unpaired) electrons. The number of hydrogen-bond donors (Lipinski definition) is 0. The Morgan fingerprint density at radius 2 is 1.68 bits per heavy atom. The molecule has 37 heavy (non-hydrogen) atoms. The first-order chi connectivity index (χ1) is 17.3. The molecular formula is C28H33F3N2O4. The number of carbonyl (C=O) groups excluding carboxylic acids is 2. The number of ether oxygens (including phenoxy) is 2. The van der Waals surface area contributed by atoms with Crippen LogP contribution in [-0.4, -0.2) is 65.7 Å². The highest BCUT2D eigenvalue weighted by atomic mass is 19.4. The van der Waals surface area contributed by atoms with Gasteiger partial charge in [-0.05, 0) is 74.1 Å². The van der Waals surface area contributed by atoms with Gasteiger partial charge in [0.05, 0.1) is 18.6 Å². The molecule has 3 bridgehead atoms. The highest BCUT2D eigenvalue weighted by Gasteiger charge is 2.61. The molecule has 2 aromatic carbocycles. The van der Waals surface area contributed by atoms with E-state index in [0.29, 0.717) is 13.0 Å². The molecule has 0 aliphatic carbocycles. The number of halogens is 3. The van der Waals surface area contributed by atoms with E-state index in [1.54, 1.807) is 27.9 Å². The molecule has 6 nitrogen and oxygen atoms in total. The quantitative estimate of drug-likeness (QED) is 0.526. The van der Waals surface area contributed by atoms with Crippen molar-refractivity contribution in [3.63, 3.8) is 0 Å². The number of rotatable bonds is 5. The van der Waals surface area contributed by atoms with Crippen molar-refractivity contribution in [3.05, 3.63) is 42.0 Å². The van der Waals surface area contributed by atoms with E-state index in [-0.39, 0.29) is 24.5 Å². The van der Waals surface area contributed by atoms with Crippen LogP contribution in [0, 0.1) is 11.3 Å². The number of likely N-dealkylation sites (tertiary alicyclic amines) is 1. The average molecular weight is 519 g/mol. The van der Waals surface area contributed by atoms with Crippen LogP contribution in [0.1, 0.15) is 45.6 Å². The lowest BCUT2D eigenvalue weighted by Crippen LogP contribution is -2.58. The molecule has 3 saturated heterocycles. The number of nitrogens with zero attached hydrogens (tertiary/aromatic N) is 2. The second-order valence-electron chi connectivity index (χ2n) is 11.6. The van der Waals surface area contributed by atoms with Gasteiger partial charge in [0.2, 0.25) is 5.91 Å². The van der Waals surface area contributed by atoms with E-state index in [2.05, 4.69) is 11.0 Å². The van der Waals surface area contributed by atoms with Crippen LogP contribution < -0.4 is 4.74 Å². The number of piperidine rings is 2. The molecule has 3 fully saturated rings. The maximum atomic E-state index is 13.2. The van der Waals surface area contributed by atoms with Gasteiger partial charge in [-0.1, -0.05) is 18.2 Å². The molecule has 3 aliphatic heterocycles. The van der Waals surface area contributed by atoms with E-state index in [4.69, 9.17) is 9.47 Å². The molecule has 5 atom stereocenters. The Morgan fingerprint density at radius 3 is 2.35 bits per heavy atom. The predicted octanol–water partition coefficient (Wildman–Crippen LogP) is 4.93. The Morgan fingerprint density at radius 1 is 1.00 bits per heavy atom. The summed E-state index contributed by atoms with van der Waals surface area (Å²) in [7, 11) is 1.63. The number of fused-ring (bicyclic) bond motifs is 3. The van der Waals surface area contributed by atoms with Crippen LogP contribution in [0.25, 0.3) is 10.8 Å². The maximum Gasteiger partial charge on any atom is 0.397 e. The van der Waals surface area contributed by atoms with Gasteiger partial charge in [0.1, 0.15) is 18.3 Å². The number of methoxy groups -OCH3 is 1. The molecule has 5 unspecified atom stereocenters. The lowest BCUT2D eigenvalue weighted by molar-refractivity contribution is -0.171. The van der Waals surface area contributed by atoms with E-state index < -0.39 is 42.0 Å². The van der Waals surface area contributed by atoms with Gasteiger partial charge in [-0.3, -0.25) is 14.5 Å². The Labute approximate surface area is 214 Å². The van der Waals surface area contributed by atoms with Crippen LogP contribution in [0.15, 0.2) is 36.4 Å². The van der Waals surface area contributed by atoms with E-state index in [9.17, 15) is 22.8 Å². The van der Waals surface area contributed by atoms with Gasteiger partial charge in [0.25, 0.3) is 0 Å². The zero-order valence-corrected chi connectivity index (χ0v) is 21.5. The van der Waals surface area contributed by atoms with E-state index >= 15 is 0 Å². The van der Waals surface area contributed by atoms with Crippen LogP contribution in [-0.2, 0) is 20.9 Å². The highest BCUT2D eigenvalue weighted by molar-refractivity contribution is 5.84. The van der Waals surface area contributed by atoms with E-state index in [1.165, 1.54) is 4.90 Å². The predicted molar refractivity (Wildman–Crippen MR) is 132 cm³/mol. The molecular weight excluding hydrogens is 485 g/mol. The molecule has 200 valence electrons. The van der Waals surface area contributed by atoms with Gasteiger partial charge in [-0.15, -0.1) is 0 Å². The third-order valence-electron chi connectivity index (χ3n) is 7.93. The molecule has 0 saturated carbocycles. The van der Waals surface area contributed by atoms with Crippen molar-refractivity contribution in [3.8, 4) is 5.75 Å². The van der Waals surface area contributed by atoms with Gasteiger partial charge in [-0.25, -0.2) is 0 Å². The van der Waals surface area contributed by atoms with Gasteiger partial charge >= 0.3 is 12.1 Å². The Balaban J connectivity index is 1.46. The second kappa shape index (κ2) is 9.19. The molecule has 5 rings (SSSR count). The monoisotopic (exact) mass is 518 g/mol. The number of benzene rings is 2. The van der Waals surface area contributed by atoms with Gasteiger partial charge in [0.15, 0.2) is 0 Å². The topological polar surface area (TPSA) is 59.1 Å². The zero-order valence-electron chi connectivity index (χ0n) is 21.5. The molecule has 0 N–H and O–H groups in total. The molecule has 2 aromatic rings. The first kappa shape index (κ1) is 25.8. The number of carbonyl (C=O) groups is 2. The lowest BCUT2D eigenvalue weighted by atomic mass is 9.86. The standard InChI is InChI=1S/C28H33F3N2O4/c1-27(2,3)26(35)37-25-22-11-17-10-21(24(25)33(15-17)23(34)13-28(29,30)31)32(22)14-16-5-6-19-12-20(36-4)8-7-18(19)9-16/h5-9,12,17,21-22,24-25H,10-11,13-15H2,1-4H3. The smallest absolute Gasteiger partial charge is 0.397 e. The Kier molecular flexibility index (Phi) is 6.41. The van der Waals surface area contributed by atoms with Crippen molar-refractivity contribution in [2.24, 2.45) is 11.3 Å². The Hall–Kier alpha value is -2.81. The third kappa shape index (κ3) is 5.02. The van der Waals surface area contributed by atoms with E-state index in [0.717, 1.165) is 28.5 Å². The third-order valence-corrected chi connectivity index (χ3v) is 7.93. The number of alkyl halides is 3. The maximum absolute atomic E-state index is 13.2.